The maximum atomic E-state index is 12.1. The molecule has 1 aromatic carbocycles. The van der Waals surface area contributed by atoms with Gasteiger partial charge in [-0.15, -0.1) is 0 Å². The van der Waals surface area contributed by atoms with E-state index in [0.717, 1.165) is 6.07 Å². The van der Waals surface area contributed by atoms with Crippen molar-refractivity contribution in [3.63, 3.8) is 0 Å². The molecule has 1 rings (SSSR count). The molecule has 0 heterocycles. The molecule has 7 heteroatoms. The van der Waals surface area contributed by atoms with Crippen LogP contribution in [0.15, 0.2) is 12.1 Å². The molecule has 0 spiro atoms. The largest absolute Gasteiger partial charge is 0.478 e. The van der Waals surface area contributed by atoms with Gasteiger partial charge in [-0.1, -0.05) is 0 Å². The lowest BCUT2D eigenvalue weighted by Crippen LogP contribution is -2.10. The Labute approximate surface area is 103 Å². The Hall–Kier alpha value is -1.43. The summed E-state index contributed by atoms with van der Waals surface area (Å²) in [6.45, 7) is -3.14. The lowest BCUT2D eigenvalue weighted by atomic mass is 10.1. The van der Waals surface area contributed by atoms with E-state index in [0.29, 0.717) is 0 Å². The normalized spacial score (nSPS) is 9.94. The topological polar surface area (TPSA) is 70.3 Å². The van der Waals surface area contributed by atoms with E-state index in [1.807, 2.05) is 0 Å². The molecule has 4 nitrogen and oxygen atoms in total. The maximum Gasteiger partial charge on any atom is 0.387 e. The summed E-state index contributed by atoms with van der Waals surface area (Å²) in [6, 6.07) is 4.05. The summed E-state index contributed by atoms with van der Waals surface area (Å²) in [5.74, 6) is -1.87. The number of rotatable bonds is 3. The first-order chi connectivity index (χ1) is 7.47. The zero-order valence-corrected chi connectivity index (χ0v) is 9.73. The molecule has 0 saturated carbocycles. The van der Waals surface area contributed by atoms with E-state index in [-0.39, 0.29) is 9.13 Å². The molecule has 84 valence electrons. The second kappa shape index (κ2) is 5.07. The molecule has 0 radical (unpaired) electrons. The average molecular weight is 339 g/mol. The molecule has 0 saturated heterocycles. The van der Waals surface area contributed by atoms with Crippen molar-refractivity contribution < 1.29 is 23.4 Å². The van der Waals surface area contributed by atoms with Crippen molar-refractivity contribution >= 4 is 28.6 Å². The van der Waals surface area contributed by atoms with Crippen molar-refractivity contribution in [3.8, 4) is 11.8 Å². The second-order valence-corrected chi connectivity index (χ2v) is 3.68. The van der Waals surface area contributed by atoms with Gasteiger partial charge in [-0.25, -0.2) is 4.79 Å². The van der Waals surface area contributed by atoms with Gasteiger partial charge in [0.05, 0.1) is 9.13 Å². The molecule has 0 aliphatic carbocycles. The molecule has 1 aromatic rings. The van der Waals surface area contributed by atoms with Crippen molar-refractivity contribution in [2.75, 3.05) is 0 Å². The summed E-state index contributed by atoms with van der Waals surface area (Å²) in [4.78, 5) is 10.7. The number of nitrogens with zero attached hydrogens (tertiary/aromatic N) is 1. The van der Waals surface area contributed by atoms with Gasteiger partial charge in [0.15, 0.2) is 5.75 Å². The van der Waals surface area contributed by atoms with Crippen LogP contribution in [-0.2, 0) is 0 Å². The van der Waals surface area contributed by atoms with Crippen LogP contribution >= 0.6 is 22.6 Å². The van der Waals surface area contributed by atoms with Gasteiger partial charge in [-0.2, -0.15) is 14.0 Å². The molecular weight excluding hydrogens is 335 g/mol. The minimum atomic E-state index is -3.14. The van der Waals surface area contributed by atoms with Crippen molar-refractivity contribution in [1.82, 2.24) is 0 Å². The highest BCUT2D eigenvalue weighted by atomic mass is 127. The molecule has 0 atom stereocenters. The first kappa shape index (κ1) is 12.6. The third kappa shape index (κ3) is 2.57. The number of benzene rings is 1. The number of alkyl halides is 2. The van der Waals surface area contributed by atoms with Crippen molar-refractivity contribution in [2.45, 2.75) is 6.61 Å². The Kier molecular flexibility index (Phi) is 4.00. The maximum absolute atomic E-state index is 12.1. The summed E-state index contributed by atoms with van der Waals surface area (Å²) in [5.41, 5.74) is -0.315. The van der Waals surface area contributed by atoms with Gasteiger partial charge >= 0.3 is 12.6 Å². The van der Waals surface area contributed by atoms with Crippen LogP contribution < -0.4 is 4.74 Å². The van der Waals surface area contributed by atoms with Crippen LogP contribution in [0.25, 0.3) is 0 Å². The molecule has 0 bridgehead atoms. The van der Waals surface area contributed by atoms with Gasteiger partial charge in [0.2, 0.25) is 0 Å². The van der Waals surface area contributed by atoms with Crippen LogP contribution in [0.1, 0.15) is 15.9 Å². The molecule has 0 aliphatic heterocycles. The highest BCUT2D eigenvalue weighted by molar-refractivity contribution is 14.1. The summed E-state index contributed by atoms with van der Waals surface area (Å²) in [7, 11) is 0. The monoisotopic (exact) mass is 339 g/mol. The quantitative estimate of drug-likeness (QED) is 0.859. The number of carbonyl (C=O) groups is 1. The molecule has 0 aromatic heterocycles. The third-order valence-electron chi connectivity index (χ3n) is 1.65. The lowest BCUT2D eigenvalue weighted by Gasteiger charge is -2.10. The SMILES string of the molecule is N#Cc1ccc(C(=O)O)c(OC(F)F)c1I. The van der Waals surface area contributed by atoms with E-state index in [1.54, 1.807) is 28.7 Å². The van der Waals surface area contributed by atoms with Gasteiger partial charge in [0, 0.05) is 0 Å². The van der Waals surface area contributed by atoms with E-state index >= 15 is 0 Å². The van der Waals surface area contributed by atoms with Gasteiger partial charge in [0.1, 0.15) is 11.6 Å². The molecule has 0 fully saturated rings. The van der Waals surface area contributed by atoms with E-state index in [1.165, 1.54) is 6.07 Å². The van der Waals surface area contributed by atoms with Crippen molar-refractivity contribution in [3.05, 3.63) is 26.8 Å². The van der Waals surface area contributed by atoms with Gasteiger partial charge < -0.3 is 9.84 Å². The molecule has 1 N–H and O–H groups in total. The smallest absolute Gasteiger partial charge is 0.387 e. The summed E-state index contributed by atoms with van der Waals surface area (Å²) in [5, 5.41) is 17.4. The average Bonchev–Trinajstić information content (AvgIpc) is 2.19. The van der Waals surface area contributed by atoms with Crippen molar-refractivity contribution in [1.29, 1.82) is 5.26 Å². The first-order valence-electron chi connectivity index (χ1n) is 3.88. The fraction of sp³-hybridized carbons (Fsp3) is 0.111. The van der Waals surface area contributed by atoms with E-state index in [4.69, 9.17) is 10.4 Å². The van der Waals surface area contributed by atoms with Crippen LogP contribution in [-0.4, -0.2) is 17.7 Å². The summed E-state index contributed by atoms with van der Waals surface area (Å²) < 4.78 is 28.3. The molecule has 0 unspecified atom stereocenters. The van der Waals surface area contributed by atoms with Gasteiger partial charge in [-0.05, 0) is 34.7 Å². The fourth-order valence-electron chi connectivity index (χ4n) is 1.02. The first-order valence-corrected chi connectivity index (χ1v) is 4.96. The number of hydrogen-bond acceptors (Lipinski definition) is 3. The number of nitriles is 1. The number of halogens is 3. The minimum absolute atomic E-state index is 0.0558. The summed E-state index contributed by atoms with van der Waals surface area (Å²) in [6.07, 6.45) is 0. The van der Waals surface area contributed by atoms with Gasteiger partial charge in [0.25, 0.3) is 0 Å². The third-order valence-corrected chi connectivity index (χ3v) is 2.73. The molecule has 16 heavy (non-hydrogen) atoms. The van der Waals surface area contributed by atoms with Crippen LogP contribution in [0.4, 0.5) is 8.78 Å². The van der Waals surface area contributed by atoms with E-state index < -0.39 is 23.9 Å². The Bertz CT molecular complexity index is 471. The van der Waals surface area contributed by atoms with Crippen LogP contribution in [0.2, 0.25) is 0 Å². The molecule has 0 aliphatic rings. The lowest BCUT2D eigenvalue weighted by molar-refractivity contribution is -0.0509. The van der Waals surface area contributed by atoms with E-state index in [9.17, 15) is 13.6 Å². The summed E-state index contributed by atoms with van der Waals surface area (Å²) >= 11 is 1.59. The highest BCUT2D eigenvalue weighted by Gasteiger charge is 2.20. The van der Waals surface area contributed by atoms with Crippen LogP contribution in [0, 0.1) is 14.9 Å². The molecular formula is C9H4F2INO3. The zero-order valence-electron chi connectivity index (χ0n) is 7.58. The highest BCUT2D eigenvalue weighted by Crippen LogP contribution is 2.30. The Balaban J connectivity index is 3.38. The zero-order chi connectivity index (χ0) is 12.3. The standard InChI is InChI=1S/C9H4F2INO3/c10-9(11)16-7-5(8(14)15)2-1-4(3-13)6(7)12/h1-2,9H,(H,14,15). The number of carboxylic acids is 1. The van der Waals surface area contributed by atoms with Crippen LogP contribution in [0.3, 0.4) is 0 Å². The second-order valence-electron chi connectivity index (χ2n) is 2.60. The predicted molar refractivity (Wildman–Crippen MR) is 57.5 cm³/mol. The molecule has 0 amide bonds. The van der Waals surface area contributed by atoms with Crippen molar-refractivity contribution in [2.24, 2.45) is 0 Å². The Morgan fingerprint density at radius 3 is 2.62 bits per heavy atom. The number of aromatic carboxylic acids is 1. The van der Waals surface area contributed by atoms with E-state index in [2.05, 4.69) is 4.74 Å². The number of ether oxygens (including phenoxy) is 1. The van der Waals surface area contributed by atoms with Crippen LogP contribution in [0.5, 0.6) is 5.75 Å². The predicted octanol–water partition coefficient (Wildman–Crippen LogP) is 2.46. The Morgan fingerprint density at radius 1 is 1.56 bits per heavy atom. The number of hydrogen-bond donors (Lipinski definition) is 1. The fourth-order valence-corrected chi connectivity index (χ4v) is 1.73. The Morgan fingerprint density at radius 2 is 2.19 bits per heavy atom. The van der Waals surface area contributed by atoms with Gasteiger partial charge in [-0.3, -0.25) is 0 Å². The number of carboxylic acid groups (broad SMARTS) is 1. The minimum Gasteiger partial charge on any atom is -0.478 e.